The van der Waals surface area contributed by atoms with Gasteiger partial charge >= 0.3 is 17.2 Å². The minimum absolute atomic E-state index is 0.171. The zero-order valence-electron chi connectivity index (χ0n) is 39.3. The molecular formula is C58H58O6P2. The van der Waals surface area contributed by atoms with E-state index in [2.05, 4.69) is 196 Å². The number of hydrogen-bond donors (Lipinski definition) is 0. The third-order valence-corrected chi connectivity index (χ3v) is 14.3. The van der Waals surface area contributed by atoms with Crippen molar-refractivity contribution in [3.63, 3.8) is 0 Å². The molecule has 2 atom stereocenters. The summed E-state index contributed by atoms with van der Waals surface area (Å²) in [5.41, 5.74) is 10.3. The topological polar surface area (TPSA) is 55.4 Å². The summed E-state index contributed by atoms with van der Waals surface area (Å²) in [4.78, 5) is 0. The van der Waals surface area contributed by atoms with E-state index in [1.807, 2.05) is 12.1 Å². The molecule has 2 unspecified atom stereocenters. The highest BCUT2D eigenvalue weighted by molar-refractivity contribution is 7.43. The van der Waals surface area contributed by atoms with Gasteiger partial charge in [-0.05, 0) is 147 Å². The fourth-order valence-electron chi connectivity index (χ4n) is 8.73. The Morgan fingerprint density at radius 2 is 0.894 bits per heavy atom. The molecule has 0 aromatic heterocycles. The van der Waals surface area contributed by atoms with E-state index < -0.39 is 17.2 Å². The highest BCUT2D eigenvalue weighted by Crippen LogP contribution is 2.55. The number of aryl methyl sites for hydroxylation is 3. The van der Waals surface area contributed by atoms with Gasteiger partial charge in [-0.25, -0.2) is 0 Å². The SMILES string of the molecule is CCc1ccc2cc1OP(Oc1cc(C)ccc1C(C)C)Oc1ccc3ccccc3c1-c1c(ccc3ccccc13)OP(Oc1cc(C)ccc1C(C)C)Oc1cc(ccc1C(C)C)C2. The molecule has 8 heteroatoms. The summed E-state index contributed by atoms with van der Waals surface area (Å²) in [5.74, 6) is 4.70. The van der Waals surface area contributed by atoms with Crippen molar-refractivity contribution in [1.82, 2.24) is 0 Å². The quantitative estimate of drug-likeness (QED) is 0.142. The van der Waals surface area contributed by atoms with E-state index in [1.54, 1.807) is 0 Å². The Labute approximate surface area is 392 Å². The van der Waals surface area contributed by atoms with Crippen molar-refractivity contribution < 1.29 is 27.1 Å². The maximum atomic E-state index is 7.30. The summed E-state index contributed by atoms with van der Waals surface area (Å²) in [5, 5.41) is 4.07. The fourth-order valence-corrected chi connectivity index (χ4v) is 10.9. The van der Waals surface area contributed by atoms with Crippen molar-refractivity contribution >= 4 is 38.7 Å². The largest absolute Gasteiger partial charge is 0.530 e. The smallest absolute Gasteiger partial charge is 0.408 e. The molecule has 0 radical (unpaired) electrons. The van der Waals surface area contributed by atoms with Gasteiger partial charge in [0.05, 0.1) is 0 Å². The van der Waals surface area contributed by atoms with Crippen LogP contribution in [0.2, 0.25) is 0 Å². The minimum Gasteiger partial charge on any atom is -0.408 e. The molecule has 8 aromatic carbocycles. The van der Waals surface area contributed by atoms with E-state index in [4.69, 9.17) is 27.1 Å². The molecule has 9 rings (SSSR count). The molecule has 1 aliphatic rings. The molecule has 6 nitrogen and oxygen atoms in total. The fraction of sp³-hybridized carbons (Fsp3) is 0.241. The highest BCUT2D eigenvalue weighted by atomic mass is 31.2. The first-order valence-electron chi connectivity index (χ1n) is 23.1. The van der Waals surface area contributed by atoms with Crippen LogP contribution in [0.15, 0.2) is 146 Å². The van der Waals surface area contributed by atoms with Gasteiger partial charge in [-0.3, -0.25) is 0 Å². The Balaban J connectivity index is 1.32. The van der Waals surface area contributed by atoms with E-state index in [-0.39, 0.29) is 17.8 Å². The van der Waals surface area contributed by atoms with E-state index in [0.29, 0.717) is 17.9 Å². The lowest BCUT2D eigenvalue weighted by Crippen LogP contribution is -2.08. The molecule has 0 amide bonds. The van der Waals surface area contributed by atoms with Gasteiger partial charge in [-0.15, -0.1) is 0 Å². The molecular weight excluding hydrogens is 855 g/mol. The van der Waals surface area contributed by atoms with Crippen LogP contribution < -0.4 is 27.1 Å². The zero-order chi connectivity index (χ0) is 46.1. The predicted octanol–water partition coefficient (Wildman–Crippen LogP) is 17.6. The third kappa shape index (κ3) is 9.59. The number of rotatable bonds is 8. The van der Waals surface area contributed by atoms with Gasteiger partial charge in [0.1, 0.15) is 34.5 Å². The van der Waals surface area contributed by atoms with Crippen molar-refractivity contribution in [3.05, 3.63) is 190 Å². The lowest BCUT2D eigenvalue weighted by molar-refractivity contribution is 0.381. The first kappa shape index (κ1) is 45.1. The molecule has 0 saturated carbocycles. The molecule has 0 fully saturated rings. The lowest BCUT2D eigenvalue weighted by atomic mass is 9.92. The van der Waals surface area contributed by atoms with Gasteiger partial charge in [0.25, 0.3) is 0 Å². The molecule has 0 N–H and O–H groups in total. The Morgan fingerprint density at radius 3 is 1.39 bits per heavy atom. The van der Waals surface area contributed by atoms with Crippen LogP contribution in [-0.4, -0.2) is 0 Å². The molecule has 0 spiro atoms. The molecule has 0 saturated heterocycles. The molecule has 1 aliphatic heterocycles. The number of benzene rings is 8. The van der Waals surface area contributed by atoms with E-state index >= 15 is 0 Å². The number of hydrogen-bond acceptors (Lipinski definition) is 6. The summed E-state index contributed by atoms with van der Waals surface area (Å²) in [7, 11) is -4.22. The molecule has 336 valence electrons. The summed E-state index contributed by atoms with van der Waals surface area (Å²) in [6.45, 7) is 19.4. The van der Waals surface area contributed by atoms with E-state index in [9.17, 15) is 0 Å². The first-order valence-corrected chi connectivity index (χ1v) is 25.3. The van der Waals surface area contributed by atoms with Crippen LogP contribution in [0.4, 0.5) is 0 Å². The highest BCUT2D eigenvalue weighted by Gasteiger charge is 2.31. The average molecular weight is 913 g/mol. The maximum Gasteiger partial charge on any atom is 0.530 e. The van der Waals surface area contributed by atoms with E-state index in [1.165, 1.54) is 0 Å². The van der Waals surface area contributed by atoms with Crippen LogP contribution in [0, 0.1) is 13.8 Å². The minimum atomic E-state index is -2.12. The van der Waals surface area contributed by atoms with Crippen LogP contribution in [0.1, 0.15) is 111 Å². The molecule has 0 aliphatic carbocycles. The van der Waals surface area contributed by atoms with E-state index in [0.717, 1.165) is 107 Å². The lowest BCUT2D eigenvalue weighted by Gasteiger charge is -2.25. The Bertz CT molecular complexity index is 3050. The Kier molecular flexibility index (Phi) is 13.3. The first-order chi connectivity index (χ1) is 31.9. The van der Waals surface area contributed by atoms with Gasteiger partial charge in [0.15, 0.2) is 0 Å². The second-order valence-corrected chi connectivity index (χ2v) is 20.2. The molecule has 8 aromatic rings. The summed E-state index contributed by atoms with van der Waals surface area (Å²) in [6, 6.07) is 50.8. The monoisotopic (exact) mass is 912 g/mol. The third-order valence-electron chi connectivity index (χ3n) is 12.3. The predicted molar refractivity (Wildman–Crippen MR) is 274 cm³/mol. The zero-order valence-corrected chi connectivity index (χ0v) is 41.1. The van der Waals surface area contributed by atoms with Gasteiger partial charge in [-0.1, -0.05) is 158 Å². The molecule has 4 bridgehead atoms. The van der Waals surface area contributed by atoms with Crippen molar-refractivity contribution in [2.24, 2.45) is 0 Å². The van der Waals surface area contributed by atoms with Crippen molar-refractivity contribution in [2.45, 2.75) is 92.9 Å². The average Bonchev–Trinajstić information content (AvgIpc) is 3.29. The van der Waals surface area contributed by atoms with Gasteiger partial charge in [-0.2, -0.15) is 0 Å². The Morgan fingerprint density at radius 1 is 0.455 bits per heavy atom. The summed E-state index contributed by atoms with van der Waals surface area (Å²) in [6.07, 6.45) is 1.41. The van der Waals surface area contributed by atoms with Crippen LogP contribution in [0.3, 0.4) is 0 Å². The summed E-state index contributed by atoms with van der Waals surface area (Å²) < 4.78 is 42.9. The number of fused-ring (bicyclic) bond motifs is 11. The molecule has 1 heterocycles. The van der Waals surface area contributed by atoms with Crippen molar-refractivity contribution in [3.8, 4) is 45.6 Å². The summed E-state index contributed by atoms with van der Waals surface area (Å²) >= 11 is 0. The maximum absolute atomic E-state index is 7.30. The van der Waals surface area contributed by atoms with Gasteiger partial charge < -0.3 is 27.1 Å². The second kappa shape index (κ2) is 19.4. The van der Waals surface area contributed by atoms with Crippen molar-refractivity contribution in [1.29, 1.82) is 0 Å². The van der Waals surface area contributed by atoms with Crippen LogP contribution >= 0.6 is 17.2 Å². The van der Waals surface area contributed by atoms with Crippen LogP contribution in [-0.2, 0) is 12.8 Å². The second-order valence-electron chi connectivity index (χ2n) is 18.2. The standard InChI is InChI=1S/C58H58O6P2/c1-10-43-23-21-41-33-42-22-28-48(38(6)7)56(35-42)64-66(63-55-32-40(9)20-27-47(55)37(4)5)60-52-30-25-45-16-12-14-18-50(45)58(52)57-49-17-13-11-15-44(49)24-29-51(57)59-65(61-53(43)34-41)62-54-31-39(8)19-26-46(54)36(2)3/h11-32,34-38H,10,33H2,1-9H3. The van der Waals surface area contributed by atoms with Gasteiger partial charge in [0, 0.05) is 11.1 Å². The van der Waals surface area contributed by atoms with Gasteiger partial charge in [0.2, 0.25) is 0 Å². The molecule has 66 heavy (non-hydrogen) atoms. The normalized spacial score (nSPS) is 15.0. The Hall–Kier alpha value is -6.06. The van der Waals surface area contributed by atoms with Crippen LogP contribution in [0.25, 0.3) is 32.7 Å². The van der Waals surface area contributed by atoms with Crippen LogP contribution in [0.5, 0.6) is 34.5 Å². The van der Waals surface area contributed by atoms with Crippen molar-refractivity contribution in [2.75, 3.05) is 0 Å².